The van der Waals surface area contributed by atoms with Gasteiger partial charge in [0, 0.05) is 84.4 Å². The van der Waals surface area contributed by atoms with Crippen LogP contribution in [0.4, 0.5) is 16.2 Å². The van der Waals surface area contributed by atoms with E-state index < -0.39 is 12.1 Å². The number of anilines is 2. The lowest BCUT2D eigenvalue weighted by atomic mass is 9.95. The zero-order valence-corrected chi connectivity index (χ0v) is 40.5. The van der Waals surface area contributed by atoms with Crippen LogP contribution in [0.2, 0.25) is 0 Å². The average molecular weight is 981 g/mol. The Bertz CT molecular complexity index is 3090. The predicted molar refractivity (Wildman–Crippen MR) is 282 cm³/mol. The molecule has 0 fully saturated rings. The summed E-state index contributed by atoms with van der Waals surface area (Å²) < 4.78 is 19.0. The number of nitrogens with one attached hydrogen (secondary N) is 1. The number of alkyl carbamates (subject to hydrolysis) is 1. The smallest absolute Gasteiger partial charge is 0.407 e. The number of amides is 3. The monoisotopic (exact) mass is 979 g/mol. The van der Waals surface area contributed by atoms with Crippen LogP contribution in [0.25, 0.3) is 32.7 Å². The van der Waals surface area contributed by atoms with Crippen LogP contribution in [-0.4, -0.2) is 55.4 Å². The van der Waals surface area contributed by atoms with Gasteiger partial charge in [0.2, 0.25) is 11.8 Å². The first-order valence-electron chi connectivity index (χ1n) is 24.2. The summed E-state index contributed by atoms with van der Waals surface area (Å²) in [5.41, 5.74) is 9.71. The topological polar surface area (TPSA) is 97.4 Å². The first kappa shape index (κ1) is 46.1. The molecule has 3 aliphatic rings. The second kappa shape index (κ2) is 20.2. The van der Waals surface area contributed by atoms with Gasteiger partial charge in [-0.05, 0) is 55.3 Å². The van der Waals surface area contributed by atoms with Gasteiger partial charge in [0.25, 0.3) is 0 Å². The highest BCUT2D eigenvalue weighted by Crippen LogP contribution is 2.48. The number of alkyl halides is 2. The van der Waals surface area contributed by atoms with Crippen LogP contribution < -0.4 is 24.6 Å². The van der Waals surface area contributed by atoms with E-state index in [2.05, 4.69) is 29.6 Å². The van der Waals surface area contributed by atoms with Crippen molar-refractivity contribution in [3.8, 4) is 22.6 Å². The molecule has 11 rings (SSSR count). The molecule has 356 valence electrons. The molecule has 2 heterocycles. The van der Waals surface area contributed by atoms with Gasteiger partial charge in [0.1, 0.15) is 31.3 Å². The van der Waals surface area contributed by atoms with Crippen molar-refractivity contribution in [3.63, 3.8) is 0 Å². The number of benzene rings is 8. The van der Waals surface area contributed by atoms with Gasteiger partial charge in [-0.15, -0.1) is 23.2 Å². The van der Waals surface area contributed by atoms with Crippen LogP contribution in [0.3, 0.4) is 0 Å². The molecule has 0 spiro atoms. The van der Waals surface area contributed by atoms with E-state index in [4.69, 9.17) is 37.4 Å². The molecular formula is C60H51Cl2N3O6. The summed E-state index contributed by atoms with van der Waals surface area (Å²) >= 11 is 13.4. The van der Waals surface area contributed by atoms with E-state index >= 15 is 9.59 Å². The Labute approximate surface area is 422 Å². The number of halogens is 2. The largest absolute Gasteiger partial charge is 0.488 e. The molecule has 0 saturated heterocycles. The molecule has 1 N–H and O–H groups in total. The molecule has 2 atom stereocenters. The molecule has 0 bridgehead atoms. The second-order valence-corrected chi connectivity index (χ2v) is 19.2. The fraction of sp³-hybridized carbons (Fsp3) is 0.217. The Kier molecular flexibility index (Phi) is 13.1. The number of carbonyl (C=O) groups is 3. The number of nitrogens with zero attached hydrogens (tertiary/aromatic N) is 2. The van der Waals surface area contributed by atoms with Crippen LogP contribution in [0.5, 0.6) is 11.5 Å². The van der Waals surface area contributed by atoms with Gasteiger partial charge in [-0.2, -0.15) is 0 Å². The zero-order valence-electron chi connectivity index (χ0n) is 38.9. The first-order valence-corrected chi connectivity index (χ1v) is 25.2. The zero-order chi connectivity index (χ0) is 48.4. The second-order valence-electron chi connectivity index (χ2n) is 18.5. The van der Waals surface area contributed by atoms with Crippen molar-refractivity contribution in [2.24, 2.45) is 0 Å². The van der Waals surface area contributed by atoms with Crippen molar-refractivity contribution in [2.75, 3.05) is 41.3 Å². The van der Waals surface area contributed by atoms with Crippen LogP contribution in [0.1, 0.15) is 64.0 Å². The quantitative estimate of drug-likeness (QED) is 0.103. The highest BCUT2D eigenvalue weighted by atomic mass is 35.5. The third kappa shape index (κ3) is 9.05. The fourth-order valence-electron chi connectivity index (χ4n) is 10.9. The molecule has 0 radical (unpaired) electrons. The van der Waals surface area contributed by atoms with E-state index in [0.717, 1.165) is 66.1 Å². The minimum Gasteiger partial charge on any atom is -0.488 e. The number of fused-ring (bicyclic) bond motifs is 9. The summed E-state index contributed by atoms with van der Waals surface area (Å²) in [6.07, 6.45) is -1.11. The number of hydrogen-bond donors (Lipinski definition) is 1. The van der Waals surface area contributed by atoms with Gasteiger partial charge in [0.05, 0.1) is 11.4 Å². The van der Waals surface area contributed by atoms with Gasteiger partial charge in [-0.25, -0.2) is 4.79 Å². The summed E-state index contributed by atoms with van der Waals surface area (Å²) in [5.74, 6) is 0.784. The van der Waals surface area contributed by atoms with E-state index in [0.29, 0.717) is 49.2 Å². The average Bonchev–Trinajstić information content (AvgIpc) is 4.09. The van der Waals surface area contributed by atoms with Crippen molar-refractivity contribution < 1.29 is 28.6 Å². The van der Waals surface area contributed by atoms with Crippen LogP contribution in [0, 0.1) is 0 Å². The Morgan fingerprint density at radius 2 is 0.944 bits per heavy atom. The van der Waals surface area contributed by atoms with Crippen molar-refractivity contribution in [1.29, 1.82) is 0 Å². The lowest BCUT2D eigenvalue weighted by Gasteiger charge is -2.26. The number of ether oxygens (including phenoxy) is 3. The number of hydrogen-bond acceptors (Lipinski definition) is 6. The maximum atomic E-state index is 15.0. The van der Waals surface area contributed by atoms with Crippen molar-refractivity contribution in [1.82, 2.24) is 5.32 Å². The van der Waals surface area contributed by atoms with Gasteiger partial charge >= 0.3 is 6.09 Å². The van der Waals surface area contributed by atoms with Crippen molar-refractivity contribution in [3.05, 3.63) is 203 Å². The van der Waals surface area contributed by atoms with E-state index in [1.54, 1.807) is 9.80 Å². The molecular weight excluding hydrogens is 930 g/mol. The van der Waals surface area contributed by atoms with Gasteiger partial charge in [-0.3, -0.25) is 9.59 Å². The molecule has 9 nitrogen and oxygen atoms in total. The summed E-state index contributed by atoms with van der Waals surface area (Å²) in [5, 5.41) is 6.76. The Morgan fingerprint density at radius 1 is 0.535 bits per heavy atom. The van der Waals surface area contributed by atoms with E-state index in [9.17, 15) is 4.79 Å². The standard InChI is InChI=1S/C60H51Cl2N3O6/c61-31-40-33-64(52-29-54(69-35-38-15-3-1-4-16-38)47-23-11-13-25-49(47)58(40)52)56(66)27-42(63-60(68)71-37-51-45-21-9-7-19-43(45)44-20-8-10-22-46(44)51)28-57(67)65-34-41(32-62)59-50-26-14-12-24-48(50)55(30-53(59)65)70-36-39-17-5-2-6-18-39/h1-26,29-30,40-42,51H,27-28,31-37H2,(H,63,68)/t40-,41-/m1/s1. The van der Waals surface area contributed by atoms with Gasteiger partial charge < -0.3 is 29.3 Å². The SMILES string of the molecule is O=C(NC(CC(=O)N1C[C@@H](CCl)c2c1cc(OCc1ccccc1)c1ccccc21)CC(=O)N1C[C@@H](CCl)c2c1cc(OCc1ccccc1)c1ccccc21)OCC1c2ccccc2-c2ccccc21. The van der Waals surface area contributed by atoms with Crippen molar-refractivity contribution >= 4 is 74.0 Å². The summed E-state index contributed by atoms with van der Waals surface area (Å²) in [6.45, 7) is 1.40. The molecule has 8 aromatic carbocycles. The Hall–Kier alpha value is -7.33. The minimum atomic E-state index is -0.953. The molecule has 0 unspecified atom stereocenters. The van der Waals surface area contributed by atoms with Gasteiger partial charge in [-0.1, -0.05) is 158 Å². The maximum Gasteiger partial charge on any atom is 0.407 e. The van der Waals surface area contributed by atoms with E-state index in [1.807, 2.05) is 146 Å². The maximum absolute atomic E-state index is 15.0. The fourth-order valence-corrected chi connectivity index (χ4v) is 11.4. The van der Waals surface area contributed by atoms with Crippen LogP contribution in [0.15, 0.2) is 170 Å². The molecule has 3 amide bonds. The third-order valence-electron chi connectivity index (χ3n) is 14.2. The van der Waals surface area contributed by atoms with E-state index in [1.165, 1.54) is 0 Å². The Morgan fingerprint density at radius 3 is 1.39 bits per heavy atom. The molecule has 0 saturated carbocycles. The van der Waals surface area contributed by atoms with Crippen LogP contribution in [-0.2, 0) is 27.5 Å². The number of carbonyl (C=O) groups excluding carboxylic acids is 3. The molecule has 2 aliphatic heterocycles. The van der Waals surface area contributed by atoms with Gasteiger partial charge in [0.15, 0.2) is 0 Å². The molecule has 11 heteroatoms. The first-order chi connectivity index (χ1) is 34.9. The Balaban J connectivity index is 0.901. The van der Waals surface area contributed by atoms with Crippen LogP contribution >= 0.6 is 23.2 Å². The highest BCUT2D eigenvalue weighted by molar-refractivity contribution is 6.19. The normalized spacial score (nSPS) is 15.6. The highest BCUT2D eigenvalue weighted by Gasteiger charge is 2.39. The minimum absolute atomic E-state index is 0.0694. The molecule has 1 aliphatic carbocycles. The molecule has 71 heavy (non-hydrogen) atoms. The predicted octanol–water partition coefficient (Wildman–Crippen LogP) is 12.9. The lowest BCUT2D eigenvalue weighted by molar-refractivity contribution is -0.120. The van der Waals surface area contributed by atoms with E-state index in [-0.39, 0.29) is 60.8 Å². The molecule has 0 aromatic heterocycles. The van der Waals surface area contributed by atoms with Crippen molar-refractivity contribution in [2.45, 2.75) is 49.9 Å². The summed E-state index contributed by atoms with van der Waals surface area (Å²) in [6, 6.07) is 55.1. The lowest BCUT2D eigenvalue weighted by Crippen LogP contribution is -2.44. The summed E-state index contributed by atoms with van der Waals surface area (Å²) in [7, 11) is 0. The third-order valence-corrected chi connectivity index (χ3v) is 15.0. The summed E-state index contributed by atoms with van der Waals surface area (Å²) in [4.78, 5) is 47.6. The molecule has 8 aromatic rings. The number of rotatable bonds is 15.